The summed E-state index contributed by atoms with van der Waals surface area (Å²) in [7, 11) is 0. The van der Waals surface area contributed by atoms with Crippen molar-refractivity contribution < 1.29 is 9.50 Å². The van der Waals surface area contributed by atoms with E-state index < -0.39 is 6.10 Å². The molecule has 1 rings (SSSR count). The Kier molecular flexibility index (Phi) is 4.28. The average Bonchev–Trinajstić information content (AvgIpc) is 2.18. The summed E-state index contributed by atoms with van der Waals surface area (Å²) >= 11 is 0. The summed E-state index contributed by atoms with van der Waals surface area (Å²) in [6, 6.07) is 6.51. The molecule has 0 saturated heterocycles. The predicted molar refractivity (Wildman–Crippen MR) is 60.3 cm³/mol. The van der Waals surface area contributed by atoms with E-state index in [4.69, 9.17) is 0 Å². The first-order chi connectivity index (χ1) is 7.06. The SMILES string of the molecule is CCC(c1cccc(F)c1)C(O)C(C)C. The van der Waals surface area contributed by atoms with Crippen LogP contribution in [0.3, 0.4) is 0 Å². The Morgan fingerprint density at radius 3 is 2.47 bits per heavy atom. The van der Waals surface area contributed by atoms with E-state index in [1.807, 2.05) is 26.8 Å². The van der Waals surface area contributed by atoms with Crippen molar-refractivity contribution in [3.05, 3.63) is 35.6 Å². The van der Waals surface area contributed by atoms with Gasteiger partial charge < -0.3 is 5.11 Å². The normalized spacial score (nSPS) is 15.3. The average molecular weight is 210 g/mol. The van der Waals surface area contributed by atoms with Gasteiger partial charge in [0.25, 0.3) is 0 Å². The van der Waals surface area contributed by atoms with Crippen molar-refractivity contribution in [2.24, 2.45) is 5.92 Å². The van der Waals surface area contributed by atoms with Crippen LogP contribution in [0.4, 0.5) is 4.39 Å². The van der Waals surface area contributed by atoms with E-state index in [0.29, 0.717) is 0 Å². The molecule has 0 radical (unpaired) electrons. The molecule has 1 aromatic carbocycles. The Labute approximate surface area is 90.9 Å². The monoisotopic (exact) mass is 210 g/mol. The van der Waals surface area contributed by atoms with Gasteiger partial charge >= 0.3 is 0 Å². The zero-order chi connectivity index (χ0) is 11.4. The zero-order valence-corrected chi connectivity index (χ0v) is 9.57. The number of hydrogen-bond donors (Lipinski definition) is 1. The fourth-order valence-electron chi connectivity index (χ4n) is 1.88. The second-order valence-corrected chi connectivity index (χ2v) is 4.30. The van der Waals surface area contributed by atoms with Crippen LogP contribution in [0.2, 0.25) is 0 Å². The lowest BCUT2D eigenvalue weighted by Crippen LogP contribution is -2.23. The molecule has 0 amide bonds. The van der Waals surface area contributed by atoms with Gasteiger partial charge in [0.1, 0.15) is 5.82 Å². The van der Waals surface area contributed by atoms with Gasteiger partial charge in [0.15, 0.2) is 0 Å². The molecule has 15 heavy (non-hydrogen) atoms. The molecular weight excluding hydrogens is 191 g/mol. The van der Waals surface area contributed by atoms with Gasteiger partial charge in [0, 0.05) is 5.92 Å². The molecule has 1 N–H and O–H groups in total. The molecule has 0 heterocycles. The van der Waals surface area contributed by atoms with E-state index in [-0.39, 0.29) is 17.7 Å². The molecule has 2 heteroatoms. The summed E-state index contributed by atoms with van der Waals surface area (Å²) in [6.45, 7) is 5.97. The van der Waals surface area contributed by atoms with Crippen molar-refractivity contribution in [3.8, 4) is 0 Å². The number of rotatable bonds is 4. The van der Waals surface area contributed by atoms with Crippen LogP contribution in [-0.4, -0.2) is 11.2 Å². The first-order valence-corrected chi connectivity index (χ1v) is 5.49. The van der Waals surface area contributed by atoms with Crippen LogP contribution < -0.4 is 0 Å². The van der Waals surface area contributed by atoms with E-state index in [1.54, 1.807) is 6.07 Å². The Hall–Kier alpha value is -0.890. The molecule has 0 aromatic heterocycles. The Morgan fingerprint density at radius 2 is 2.00 bits per heavy atom. The summed E-state index contributed by atoms with van der Waals surface area (Å²) in [5.41, 5.74) is 0.888. The van der Waals surface area contributed by atoms with Gasteiger partial charge in [0.05, 0.1) is 6.10 Å². The fraction of sp³-hybridized carbons (Fsp3) is 0.538. The lowest BCUT2D eigenvalue weighted by molar-refractivity contribution is 0.0942. The predicted octanol–water partition coefficient (Wildman–Crippen LogP) is 3.34. The second kappa shape index (κ2) is 5.26. The summed E-state index contributed by atoms with van der Waals surface area (Å²) < 4.78 is 13.0. The number of benzene rings is 1. The maximum Gasteiger partial charge on any atom is 0.123 e. The van der Waals surface area contributed by atoms with Crippen LogP contribution in [0.15, 0.2) is 24.3 Å². The number of aliphatic hydroxyl groups excluding tert-OH is 1. The highest BCUT2D eigenvalue weighted by Crippen LogP contribution is 2.27. The van der Waals surface area contributed by atoms with Gasteiger partial charge in [0.2, 0.25) is 0 Å². The molecular formula is C13H19FO. The highest BCUT2D eigenvalue weighted by molar-refractivity contribution is 5.21. The molecule has 1 aromatic rings. The Morgan fingerprint density at radius 1 is 1.33 bits per heavy atom. The van der Waals surface area contributed by atoms with Gasteiger partial charge in [-0.05, 0) is 30.0 Å². The van der Waals surface area contributed by atoms with Gasteiger partial charge in [-0.15, -0.1) is 0 Å². The lowest BCUT2D eigenvalue weighted by Gasteiger charge is -2.25. The van der Waals surface area contributed by atoms with Crippen molar-refractivity contribution in [2.75, 3.05) is 0 Å². The maximum atomic E-state index is 13.0. The van der Waals surface area contributed by atoms with Crippen molar-refractivity contribution in [1.82, 2.24) is 0 Å². The van der Waals surface area contributed by atoms with E-state index in [1.165, 1.54) is 12.1 Å². The van der Waals surface area contributed by atoms with Crippen molar-refractivity contribution in [3.63, 3.8) is 0 Å². The van der Waals surface area contributed by atoms with Crippen molar-refractivity contribution >= 4 is 0 Å². The van der Waals surface area contributed by atoms with E-state index in [2.05, 4.69) is 0 Å². The smallest absolute Gasteiger partial charge is 0.123 e. The van der Waals surface area contributed by atoms with Crippen molar-refractivity contribution in [1.29, 1.82) is 0 Å². The number of halogens is 1. The summed E-state index contributed by atoms with van der Waals surface area (Å²) in [5, 5.41) is 10.0. The minimum Gasteiger partial charge on any atom is -0.392 e. The minimum absolute atomic E-state index is 0.0284. The molecule has 0 fully saturated rings. The van der Waals surface area contributed by atoms with E-state index >= 15 is 0 Å². The molecule has 0 aliphatic heterocycles. The fourth-order valence-corrected chi connectivity index (χ4v) is 1.88. The van der Waals surface area contributed by atoms with Crippen LogP contribution in [0.5, 0.6) is 0 Å². The maximum absolute atomic E-state index is 13.0. The van der Waals surface area contributed by atoms with Crippen LogP contribution in [0.1, 0.15) is 38.7 Å². The van der Waals surface area contributed by atoms with E-state index in [0.717, 1.165) is 12.0 Å². The zero-order valence-electron chi connectivity index (χ0n) is 9.57. The molecule has 0 aliphatic carbocycles. The Balaban J connectivity index is 2.92. The van der Waals surface area contributed by atoms with E-state index in [9.17, 15) is 9.50 Å². The quantitative estimate of drug-likeness (QED) is 0.808. The highest BCUT2D eigenvalue weighted by Gasteiger charge is 2.22. The summed E-state index contributed by atoms with van der Waals surface area (Å²) in [5.74, 6) is -0.0131. The first-order valence-electron chi connectivity index (χ1n) is 5.49. The first kappa shape index (κ1) is 12.2. The molecule has 2 atom stereocenters. The Bertz CT molecular complexity index is 309. The molecule has 0 saturated carbocycles. The van der Waals surface area contributed by atoms with Gasteiger partial charge in [-0.25, -0.2) is 4.39 Å². The number of aliphatic hydroxyl groups is 1. The minimum atomic E-state index is -0.406. The molecule has 2 unspecified atom stereocenters. The molecule has 84 valence electrons. The van der Waals surface area contributed by atoms with Gasteiger partial charge in [-0.1, -0.05) is 32.9 Å². The third kappa shape index (κ3) is 3.03. The summed E-state index contributed by atoms with van der Waals surface area (Å²) in [6.07, 6.45) is 0.416. The van der Waals surface area contributed by atoms with Crippen LogP contribution >= 0.6 is 0 Å². The van der Waals surface area contributed by atoms with Crippen molar-refractivity contribution in [2.45, 2.75) is 39.2 Å². The number of hydrogen-bond acceptors (Lipinski definition) is 1. The highest BCUT2D eigenvalue weighted by atomic mass is 19.1. The summed E-state index contributed by atoms with van der Waals surface area (Å²) in [4.78, 5) is 0. The molecule has 1 nitrogen and oxygen atoms in total. The molecule has 0 aliphatic rings. The standard InChI is InChI=1S/C13H19FO/c1-4-12(13(15)9(2)3)10-6-5-7-11(14)8-10/h5-9,12-13,15H,4H2,1-3H3. The second-order valence-electron chi connectivity index (χ2n) is 4.30. The van der Waals surface area contributed by atoms with Crippen LogP contribution in [-0.2, 0) is 0 Å². The van der Waals surface area contributed by atoms with Crippen LogP contribution in [0.25, 0.3) is 0 Å². The third-order valence-electron chi connectivity index (χ3n) is 2.81. The molecule has 0 spiro atoms. The van der Waals surface area contributed by atoms with Gasteiger partial charge in [-0.2, -0.15) is 0 Å². The van der Waals surface area contributed by atoms with Gasteiger partial charge in [-0.3, -0.25) is 0 Å². The van der Waals surface area contributed by atoms with Crippen LogP contribution in [0, 0.1) is 11.7 Å². The third-order valence-corrected chi connectivity index (χ3v) is 2.81. The topological polar surface area (TPSA) is 20.2 Å². The molecule has 0 bridgehead atoms. The largest absolute Gasteiger partial charge is 0.392 e. The lowest BCUT2D eigenvalue weighted by atomic mass is 9.85.